The molecule has 1 fully saturated rings. The van der Waals surface area contributed by atoms with Crippen molar-refractivity contribution < 1.29 is 0 Å². The van der Waals surface area contributed by atoms with Crippen molar-refractivity contribution in [3.8, 4) is 0 Å². The first kappa shape index (κ1) is 10.1. The second kappa shape index (κ2) is 3.96. The van der Waals surface area contributed by atoms with Crippen LogP contribution in [-0.4, -0.2) is 37.1 Å². The number of nitrogens with one attached hydrogen (secondary N) is 1. The van der Waals surface area contributed by atoms with Crippen LogP contribution in [0.2, 0.25) is 0 Å². The van der Waals surface area contributed by atoms with Crippen LogP contribution < -0.4 is 5.32 Å². The SMILES string of the molecule is CNCc1nc(C2CN(C)C2)sc1C. The summed E-state index contributed by atoms with van der Waals surface area (Å²) in [6, 6.07) is 0. The van der Waals surface area contributed by atoms with Gasteiger partial charge in [-0.1, -0.05) is 0 Å². The fourth-order valence-corrected chi connectivity index (χ4v) is 2.83. The zero-order valence-corrected chi connectivity index (χ0v) is 9.82. The van der Waals surface area contributed by atoms with Gasteiger partial charge in [0.15, 0.2) is 0 Å². The zero-order chi connectivity index (χ0) is 10.1. The Kier molecular flexibility index (Phi) is 2.85. The van der Waals surface area contributed by atoms with Gasteiger partial charge < -0.3 is 10.2 Å². The minimum atomic E-state index is 0.689. The average molecular weight is 211 g/mol. The van der Waals surface area contributed by atoms with E-state index in [4.69, 9.17) is 0 Å². The number of hydrogen-bond acceptors (Lipinski definition) is 4. The molecule has 0 aromatic carbocycles. The first-order valence-electron chi connectivity index (χ1n) is 5.00. The van der Waals surface area contributed by atoms with E-state index in [2.05, 4.69) is 29.2 Å². The Bertz CT molecular complexity index is 315. The highest BCUT2D eigenvalue weighted by atomic mass is 32.1. The van der Waals surface area contributed by atoms with E-state index < -0.39 is 0 Å². The standard InChI is InChI=1S/C10H17N3S/c1-7-9(4-11-2)12-10(14-7)8-5-13(3)6-8/h8,11H,4-6H2,1-3H3. The molecule has 4 heteroatoms. The van der Waals surface area contributed by atoms with Gasteiger partial charge in [0.2, 0.25) is 0 Å². The minimum Gasteiger partial charge on any atom is -0.314 e. The van der Waals surface area contributed by atoms with Crippen LogP contribution in [0.3, 0.4) is 0 Å². The Morgan fingerprint density at radius 2 is 2.29 bits per heavy atom. The smallest absolute Gasteiger partial charge is 0.0988 e. The molecule has 2 rings (SSSR count). The second-order valence-electron chi connectivity index (χ2n) is 4.00. The topological polar surface area (TPSA) is 28.2 Å². The first-order chi connectivity index (χ1) is 6.70. The highest BCUT2D eigenvalue weighted by molar-refractivity contribution is 7.11. The number of hydrogen-bond donors (Lipinski definition) is 1. The molecule has 14 heavy (non-hydrogen) atoms. The number of aromatic nitrogens is 1. The molecule has 0 amide bonds. The fourth-order valence-electron chi connectivity index (χ4n) is 1.81. The van der Waals surface area contributed by atoms with Gasteiger partial charge in [0.25, 0.3) is 0 Å². The number of rotatable bonds is 3. The quantitative estimate of drug-likeness (QED) is 0.814. The van der Waals surface area contributed by atoms with Gasteiger partial charge in [0.1, 0.15) is 0 Å². The lowest BCUT2D eigenvalue weighted by molar-refractivity contribution is 0.189. The molecule has 1 saturated heterocycles. The van der Waals surface area contributed by atoms with Crippen LogP contribution in [0.15, 0.2) is 0 Å². The van der Waals surface area contributed by atoms with E-state index in [1.165, 1.54) is 28.7 Å². The minimum absolute atomic E-state index is 0.689. The van der Waals surface area contributed by atoms with Crippen LogP contribution in [0.1, 0.15) is 21.5 Å². The summed E-state index contributed by atoms with van der Waals surface area (Å²) in [5, 5.41) is 4.48. The second-order valence-corrected chi connectivity index (χ2v) is 5.24. The number of thiazole rings is 1. The van der Waals surface area contributed by atoms with Gasteiger partial charge in [0.05, 0.1) is 10.7 Å². The molecular formula is C10H17N3S. The van der Waals surface area contributed by atoms with Gasteiger partial charge in [-0.2, -0.15) is 0 Å². The van der Waals surface area contributed by atoms with Crippen molar-refractivity contribution in [3.05, 3.63) is 15.6 Å². The largest absolute Gasteiger partial charge is 0.314 e. The molecule has 1 aliphatic rings. The third kappa shape index (κ3) is 1.82. The lowest BCUT2D eigenvalue weighted by Gasteiger charge is -2.34. The van der Waals surface area contributed by atoms with Crippen molar-refractivity contribution in [1.82, 2.24) is 15.2 Å². The van der Waals surface area contributed by atoms with Crippen molar-refractivity contribution in [2.45, 2.75) is 19.4 Å². The Labute approximate surface area is 89.1 Å². The van der Waals surface area contributed by atoms with E-state index in [0.717, 1.165) is 6.54 Å². The van der Waals surface area contributed by atoms with Gasteiger partial charge in [-0.3, -0.25) is 0 Å². The Morgan fingerprint density at radius 1 is 1.57 bits per heavy atom. The molecule has 0 spiro atoms. The molecule has 2 heterocycles. The average Bonchev–Trinajstić information content (AvgIpc) is 2.43. The zero-order valence-electron chi connectivity index (χ0n) is 9.00. The van der Waals surface area contributed by atoms with Crippen LogP contribution in [0.4, 0.5) is 0 Å². The molecule has 1 aromatic rings. The maximum atomic E-state index is 4.69. The Hall–Kier alpha value is -0.450. The van der Waals surface area contributed by atoms with Gasteiger partial charge >= 0.3 is 0 Å². The third-order valence-corrected chi connectivity index (χ3v) is 3.84. The number of aryl methyl sites for hydroxylation is 1. The van der Waals surface area contributed by atoms with Crippen LogP contribution in [-0.2, 0) is 6.54 Å². The Morgan fingerprint density at radius 3 is 2.86 bits per heavy atom. The first-order valence-corrected chi connectivity index (χ1v) is 5.81. The third-order valence-electron chi connectivity index (χ3n) is 2.67. The molecule has 3 nitrogen and oxygen atoms in total. The number of nitrogens with zero attached hydrogens (tertiary/aromatic N) is 2. The van der Waals surface area contributed by atoms with Gasteiger partial charge in [-0.15, -0.1) is 11.3 Å². The summed E-state index contributed by atoms with van der Waals surface area (Å²) >= 11 is 1.86. The van der Waals surface area contributed by atoms with Gasteiger partial charge in [-0.05, 0) is 21.0 Å². The molecule has 0 bridgehead atoms. The van der Waals surface area contributed by atoms with Crippen LogP contribution >= 0.6 is 11.3 Å². The van der Waals surface area contributed by atoms with E-state index in [1.807, 2.05) is 18.4 Å². The van der Waals surface area contributed by atoms with Crippen molar-refractivity contribution >= 4 is 11.3 Å². The summed E-state index contributed by atoms with van der Waals surface area (Å²) in [5.41, 5.74) is 1.22. The number of likely N-dealkylation sites (tertiary alicyclic amines) is 1. The van der Waals surface area contributed by atoms with Crippen molar-refractivity contribution in [1.29, 1.82) is 0 Å². The van der Waals surface area contributed by atoms with E-state index >= 15 is 0 Å². The van der Waals surface area contributed by atoms with E-state index in [-0.39, 0.29) is 0 Å². The van der Waals surface area contributed by atoms with Crippen LogP contribution in [0.5, 0.6) is 0 Å². The normalized spacial score (nSPS) is 18.5. The predicted molar refractivity (Wildman–Crippen MR) is 59.9 cm³/mol. The van der Waals surface area contributed by atoms with Gasteiger partial charge in [-0.25, -0.2) is 4.98 Å². The summed E-state index contributed by atoms with van der Waals surface area (Å²) in [5.74, 6) is 0.689. The molecule has 0 atom stereocenters. The molecule has 0 aliphatic carbocycles. The van der Waals surface area contributed by atoms with Gasteiger partial charge in [0, 0.05) is 30.4 Å². The summed E-state index contributed by atoms with van der Waals surface area (Å²) in [7, 11) is 4.13. The Balaban J connectivity index is 2.08. The molecule has 1 aliphatic heterocycles. The van der Waals surface area contributed by atoms with E-state index in [0.29, 0.717) is 5.92 Å². The fraction of sp³-hybridized carbons (Fsp3) is 0.700. The van der Waals surface area contributed by atoms with Crippen molar-refractivity contribution in [3.63, 3.8) is 0 Å². The highest BCUT2D eigenvalue weighted by Gasteiger charge is 2.27. The molecule has 0 saturated carbocycles. The summed E-state index contributed by atoms with van der Waals surface area (Å²) < 4.78 is 0. The van der Waals surface area contributed by atoms with E-state index in [9.17, 15) is 0 Å². The summed E-state index contributed by atoms with van der Waals surface area (Å²) in [6.45, 7) is 5.40. The monoisotopic (exact) mass is 211 g/mol. The highest BCUT2D eigenvalue weighted by Crippen LogP contribution is 2.30. The molecule has 1 N–H and O–H groups in total. The van der Waals surface area contributed by atoms with Crippen molar-refractivity contribution in [2.24, 2.45) is 0 Å². The summed E-state index contributed by atoms with van der Waals surface area (Å²) in [4.78, 5) is 8.38. The van der Waals surface area contributed by atoms with Crippen LogP contribution in [0, 0.1) is 6.92 Å². The number of likely N-dealkylation sites (N-methyl/N-ethyl adjacent to an activating group) is 1. The van der Waals surface area contributed by atoms with Crippen molar-refractivity contribution in [2.75, 3.05) is 27.2 Å². The lowest BCUT2D eigenvalue weighted by atomic mass is 10.0. The van der Waals surface area contributed by atoms with Crippen LogP contribution in [0.25, 0.3) is 0 Å². The molecule has 0 unspecified atom stereocenters. The molecular weight excluding hydrogens is 194 g/mol. The maximum Gasteiger partial charge on any atom is 0.0988 e. The lowest BCUT2D eigenvalue weighted by Crippen LogP contribution is -2.41. The summed E-state index contributed by atoms with van der Waals surface area (Å²) in [6.07, 6.45) is 0. The molecule has 1 aromatic heterocycles. The van der Waals surface area contributed by atoms with E-state index in [1.54, 1.807) is 0 Å². The molecule has 78 valence electrons. The predicted octanol–water partition coefficient (Wildman–Crippen LogP) is 1.20. The molecule has 0 radical (unpaired) electrons. The maximum absolute atomic E-state index is 4.69.